The predicted molar refractivity (Wildman–Crippen MR) is 173 cm³/mol. The third-order valence-corrected chi connectivity index (χ3v) is 8.29. The summed E-state index contributed by atoms with van der Waals surface area (Å²) in [7, 11) is 5.75. The summed E-state index contributed by atoms with van der Waals surface area (Å²) in [6.45, 7) is 0.696. The lowest BCUT2D eigenvalue weighted by Gasteiger charge is -2.39. The van der Waals surface area contributed by atoms with Gasteiger partial charge in [-0.3, -0.25) is 0 Å². The molecule has 0 amide bonds. The van der Waals surface area contributed by atoms with Crippen molar-refractivity contribution in [3.05, 3.63) is 144 Å². The number of rotatable bonds is 9. The van der Waals surface area contributed by atoms with E-state index in [9.17, 15) is 5.11 Å². The van der Waals surface area contributed by atoms with Crippen molar-refractivity contribution >= 4 is 21.5 Å². The molecule has 4 nitrogen and oxygen atoms in total. The van der Waals surface area contributed by atoms with Crippen LogP contribution in [0, 0.1) is 0 Å². The molecule has 0 saturated heterocycles. The zero-order chi connectivity index (χ0) is 29.1. The molecule has 0 fully saturated rings. The van der Waals surface area contributed by atoms with Crippen LogP contribution in [-0.2, 0) is 5.60 Å². The fourth-order valence-electron chi connectivity index (χ4n) is 6.26. The van der Waals surface area contributed by atoms with Crippen LogP contribution in [0.4, 0.5) is 0 Å². The predicted octanol–water partition coefficient (Wildman–Crippen LogP) is 8.04. The number of hydrogen-bond acceptors (Lipinski definition) is 4. The molecule has 0 bridgehead atoms. The molecule has 0 spiro atoms. The average Bonchev–Trinajstić information content (AvgIpc) is 3.04. The van der Waals surface area contributed by atoms with E-state index in [2.05, 4.69) is 89.8 Å². The molecule has 5 aromatic carbocycles. The highest BCUT2D eigenvalue weighted by atomic mass is 16.5. The first-order chi connectivity index (χ1) is 20.5. The van der Waals surface area contributed by atoms with Gasteiger partial charge in [0.25, 0.3) is 0 Å². The van der Waals surface area contributed by atoms with Gasteiger partial charge in [-0.1, -0.05) is 115 Å². The molecule has 1 N–H and O–H groups in total. The van der Waals surface area contributed by atoms with E-state index in [1.54, 1.807) is 7.11 Å². The van der Waals surface area contributed by atoms with Gasteiger partial charge in [0.05, 0.1) is 7.11 Å². The largest absolute Gasteiger partial charge is 0.481 e. The van der Waals surface area contributed by atoms with Gasteiger partial charge in [-0.25, -0.2) is 4.98 Å². The Morgan fingerprint density at radius 3 is 2.10 bits per heavy atom. The Balaban J connectivity index is 1.64. The second kappa shape index (κ2) is 11.8. The number of hydrogen-bond donors (Lipinski definition) is 1. The molecule has 6 aromatic rings. The molecule has 1 aromatic heterocycles. The zero-order valence-corrected chi connectivity index (χ0v) is 24.4. The van der Waals surface area contributed by atoms with Gasteiger partial charge in [-0.15, -0.1) is 0 Å². The maximum Gasteiger partial charge on any atom is 0.217 e. The number of benzene rings is 5. The van der Waals surface area contributed by atoms with Crippen molar-refractivity contribution in [1.29, 1.82) is 0 Å². The monoisotopic (exact) mass is 552 g/mol. The van der Waals surface area contributed by atoms with E-state index in [4.69, 9.17) is 9.72 Å². The Morgan fingerprint density at radius 1 is 0.762 bits per heavy atom. The lowest BCUT2D eigenvalue weighted by Crippen LogP contribution is -2.38. The number of aromatic nitrogens is 1. The van der Waals surface area contributed by atoms with Crippen molar-refractivity contribution in [2.75, 3.05) is 27.7 Å². The highest BCUT2D eigenvalue weighted by molar-refractivity contribution is 5.96. The third-order valence-electron chi connectivity index (χ3n) is 8.29. The number of nitrogens with zero attached hydrogens (tertiary/aromatic N) is 2. The van der Waals surface area contributed by atoms with Gasteiger partial charge in [-0.05, 0) is 64.8 Å². The molecule has 4 heteroatoms. The van der Waals surface area contributed by atoms with Crippen LogP contribution in [0.5, 0.6) is 5.88 Å². The van der Waals surface area contributed by atoms with Crippen LogP contribution in [0.15, 0.2) is 128 Å². The first kappa shape index (κ1) is 27.6. The summed E-state index contributed by atoms with van der Waals surface area (Å²) >= 11 is 0. The van der Waals surface area contributed by atoms with E-state index >= 15 is 0 Å². The van der Waals surface area contributed by atoms with Gasteiger partial charge < -0.3 is 14.7 Å². The maximum atomic E-state index is 13.2. The van der Waals surface area contributed by atoms with Gasteiger partial charge >= 0.3 is 0 Å². The molecule has 210 valence electrons. The minimum absolute atomic E-state index is 0.457. The number of ether oxygens (including phenoxy) is 1. The molecule has 2 unspecified atom stereocenters. The summed E-state index contributed by atoms with van der Waals surface area (Å²) < 4.78 is 5.94. The summed E-state index contributed by atoms with van der Waals surface area (Å²) in [5.41, 5.74) is 3.55. The zero-order valence-electron chi connectivity index (χ0n) is 24.4. The molecule has 2 atom stereocenters. The van der Waals surface area contributed by atoms with Crippen LogP contribution >= 0.6 is 0 Å². The molecule has 0 radical (unpaired) electrons. The van der Waals surface area contributed by atoms with E-state index in [1.165, 1.54) is 5.39 Å². The molecule has 1 heterocycles. The first-order valence-corrected chi connectivity index (χ1v) is 14.4. The van der Waals surface area contributed by atoms with Gasteiger partial charge in [-0.2, -0.15) is 0 Å². The maximum absolute atomic E-state index is 13.2. The Labute approximate surface area is 247 Å². The second-order valence-corrected chi connectivity index (χ2v) is 11.2. The standard InChI is InChI=1S/C38H36N2O2/c1-40(2)24-23-38(41,35-22-12-18-28-14-8-10-20-33(28)35)36(29-15-5-4-6-16-29)34-25-30(26-39-37(34)42-3)32-21-11-17-27-13-7-9-19-31(27)32/h4-22,25-26,36,41H,23-24H2,1-3H3. The molecule has 42 heavy (non-hydrogen) atoms. The number of pyridine rings is 1. The second-order valence-electron chi connectivity index (χ2n) is 11.2. The number of fused-ring (bicyclic) bond motifs is 2. The van der Waals surface area contributed by atoms with Gasteiger partial charge in [0, 0.05) is 29.8 Å². The summed E-state index contributed by atoms with van der Waals surface area (Å²) in [5, 5.41) is 17.7. The topological polar surface area (TPSA) is 45.6 Å². The van der Waals surface area contributed by atoms with Crippen molar-refractivity contribution in [1.82, 2.24) is 9.88 Å². The number of aliphatic hydroxyl groups is 1. The summed E-state index contributed by atoms with van der Waals surface area (Å²) in [6, 6.07) is 41.7. The lowest BCUT2D eigenvalue weighted by atomic mass is 9.70. The Hall–Kier alpha value is -4.51. The Kier molecular flexibility index (Phi) is 7.75. The van der Waals surface area contributed by atoms with Gasteiger partial charge in [0.1, 0.15) is 5.60 Å². The average molecular weight is 553 g/mol. The summed E-state index contributed by atoms with van der Waals surface area (Å²) in [6.07, 6.45) is 2.39. The SMILES string of the molecule is COc1ncc(-c2cccc3ccccc23)cc1C(c1ccccc1)C(O)(CCN(C)C)c1cccc2ccccc12. The summed E-state index contributed by atoms with van der Waals surface area (Å²) in [5.74, 6) is 0.0539. The van der Waals surface area contributed by atoms with Crippen LogP contribution in [-0.4, -0.2) is 42.7 Å². The van der Waals surface area contributed by atoms with Crippen molar-refractivity contribution in [2.24, 2.45) is 0 Å². The van der Waals surface area contributed by atoms with Crippen LogP contribution < -0.4 is 4.74 Å². The molecule has 0 saturated carbocycles. The fourth-order valence-corrected chi connectivity index (χ4v) is 6.26. The molecular formula is C38H36N2O2. The molecule has 0 aliphatic carbocycles. The lowest BCUT2D eigenvalue weighted by molar-refractivity contribution is 0.00517. The molecule has 0 aliphatic heterocycles. The molecular weight excluding hydrogens is 516 g/mol. The molecule has 6 rings (SSSR count). The smallest absolute Gasteiger partial charge is 0.217 e. The van der Waals surface area contributed by atoms with Crippen molar-refractivity contribution in [2.45, 2.75) is 17.9 Å². The fraction of sp³-hybridized carbons (Fsp3) is 0.184. The Morgan fingerprint density at radius 2 is 1.38 bits per heavy atom. The van der Waals surface area contributed by atoms with E-state index < -0.39 is 11.5 Å². The first-order valence-electron chi connectivity index (χ1n) is 14.4. The minimum Gasteiger partial charge on any atom is -0.481 e. The van der Waals surface area contributed by atoms with Crippen LogP contribution in [0.25, 0.3) is 32.7 Å². The minimum atomic E-state index is -1.28. The van der Waals surface area contributed by atoms with E-state index in [0.717, 1.165) is 44.0 Å². The highest BCUT2D eigenvalue weighted by Gasteiger charge is 2.43. The Bertz CT molecular complexity index is 1820. The third kappa shape index (κ3) is 5.16. The van der Waals surface area contributed by atoms with Crippen LogP contribution in [0.2, 0.25) is 0 Å². The highest BCUT2D eigenvalue weighted by Crippen LogP contribution is 2.49. The van der Waals surface area contributed by atoms with E-state index in [-0.39, 0.29) is 0 Å². The van der Waals surface area contributed by atoms with Crippen molar-refractivity contribution < 1.29 is 9.84 Å². The van der Waals surface area contributed by atoms with Gasteiger partial charge in [0.2, 0.25) is 5.88 Å². The van der Waals surface area contributed by atoms with E-state index in [1.807, 2.05) is 56.7 Å². The van der Waals surface area contributed by atoms with Crippen LogP contribution in [0.1, 0.15) is 29.0 Å². The summed E-state index contributed by atoms with van der Waals surface area (Å²) in [4.78, 5) is 6.97. The normalized spacial score (nSPS) is 13.7. The quantitative estimate of drug-likeness (QED) is 0.197. The molecule has 0 aliphatic rings. The van der Waals surface area contributed by atoms with E-state index in [0.29, 0.717) is 18.8 Å². The van der Waals surface area contributed by atoms with Crippen molar-refractivity contribution in [3.8, 4) is 17.0 Å². The van der Waals surface area contributed by atoms with Crippen LogP contribution in [0.3, 0.4) is 0 Å². The van der Waals surface area contributed by atoms with Crippen molar-refractivity contribution in [3.63, 3.8) is 0 Å². The number of methoxy groups -OCH3 is 1. The van der Waals surface area contributed by atoms with Gasteiger partial charge in [0.15, 0.2) is 0 Å².